The molecule has 26 heavy (non-hydrogen) atoms. The SMILES string of the molecule is CCc1ccc(NC(=O)c2ccn(COc3ccc(OC)cc3)n2)cc1. The van der Waals surface area contributed by atoms with Crippen molar-refractivity contribution in [2.75, 3.05) is 12.4 Å². The second-order valence-corrected chi connectivity index (χ2v) is 5.69. The number of carbonyl (C=O) groups excluding carboxylic acids is 1. The molecule has 6 heteroatoms. The Kier molecular flexibility index (Phi) is 5.53. The monoisotopic (exact) mass is 351 g/mol. The number of carbonyl (C=O) groups is 1. The number of rotatable bonds is 7. The molecule has 1 N–H and O–H groups in total. The van der Waals surface area contributed by atoms with Crippen LogP contribution in [-0.4, -0.2) is 22.8 Å². The number of ether oxygens (including phenoxy) is 2. The first kappa shape index (κ1) is 17.5. The molecule has 0 saturated heterocycles. The summed E-state index contributed by atoms with van der Waals surface area (Å²) in [7, 11) is 1.62. The van der Waals surface area contributed by atoms with E-state index in [0.717, 1.165) is 17.9 Å². The summed E-state index contributed by atoms with van der Waals surface area (Å²) in [5.74, 6) is 1.21. The third-order valence-corrected chi connectivity index (χ3v) is 3.92. The molecule has 0 radical (unpaired) electrons. The Labute approximate surface area is 152 Å². The normalized spacial score (nSPS) is 10.4. The van der Waals surface area contributed by atoms with Gasteiger partial charge in [0, 0.05) is 11.9 Å². The van der Waals surface area contributed by atoms with E-state index in [1.165, 1.54) is 5.56 Å². The Morgan fingerprint density at radius 2 is 1.73 bits per heavy atom. The van der Waals surface area contributed by atoms with E-state index in [9.17, 15) is 4.79 Å². The van der Waals surface area contributed by atoms with Gasteiger partial charge >= 0.3 is 0 Å². The molecule has 2 aromatic carbocycles. The first-order valence-electron chi connectivity index (χ1n) is 8.38. The van der Waals surface area contributed by atoms with Gasteiger partial charge < -0.3 is 14.8 Å². The van der Waals surface area contributed by atoms with Gasteiger partial charge in [-0.05, 0) is 54.4 Å². The summed E-state index contributed by atoms with van der Waals surface area (Å²) in [6, 6.07) is 16.7. The number of amides is 1. The molecular weight excluding hydrogens is 330 g/mol. The lowest BCUT2D eigenvalue weighted by Crippen LogP contribution is -2.14. The van der Waals surface area contributed by atoms with Crippen LogP contribution in [0, 0.1) is 0 Å². The van der Waals surface area contributed by atoms with Crippen LogP contribution in [0.2, 0.25) is 0 Å². The van der Waals surface area contributed by atoms with Gasteiger partial charge in [-0.3, -0.25) is 4.79 Å². The van der Waals surface area contributed by atoms with Gasteiger partial charge in [-0.1, -0.05) is 19.1 Å². The van der Waals surface area contributed by atoms with E-state index in [4.69, 9.17) is 9.47 Å². The summed E-state index contributed by atoms with van der Waals surface area (Å²) in [6.45, 7) is 2.30. The summed E-state index contributed by atoms with van der Waals surface area (Å²) in [6.07, 6.45) is 2.67. The van der Waals surface area contributed by atoms with Crippen LogP contribution in [0.5, 0.6) is 11.5 Å². The van der Waals surface area contributed by atoms with Crippen molar-refractivity contribution in [2.45, 2.75) is 20.1 Å². The zero-order valence-corrected chi connectivity index (χ0v) is 14.8. The van der Waals surface area contributed by atoms with Gasteiger partial charge in [0.25, 0.3) is 5.91 Å². The molecule has 0 unspecified atom stereocenters. The summed E-state index contributed by atoms with van der Waals surface area (Å²) >= 11 is 0. The van der Waals surface area contributed by atoms with Gasteiger partial charge in [-0.25, -0.2) is 4.68 Å². The second kappa shape index (κ2) is 8.20. The molecule has 3 aromatic rings. The molecule has 134 valence electrons. The Morgan fingerprint density at radius 3 is 2.38 bits per heavy atom. The maximum Gasteiger partial charge on any atom is 0.276 e. The average Bonchev–Trinajstić information content (AvgIpc) is 3.16. The van der Waals surface area contributed by atoms with Crippen LogP contribution in [-0.2, 0) is 13.2 Å². The molecule has 1 amide bonds. The number of benzene rings is 2. The highest BCUT2D eigenvalue weighted by molar-refractivity contribution is 6.02. The Morgan fingerprint density at radius 1 is 1.04 bits per heavy atom. The van der Waals surface area contributed by atoms with E-state index in [1.54, 1.807) is 24.1 Å². The third-order valence-electron chi connectivity index (χ3n) is 3.92. The van der Waals surface area contributed by atoms with Crippen molar-refractivity contribution >= 4 is 11.6 Å². The Hall–Kier alpha value is -3.28. The minimum atomic E-state index is -0.252. The largest absolute Gasteiger partial charge is 0.497 e. The fourth-order valence-corrected chi connectivity index (χ4v) is 2.39. The molecule has 0 fully saturated rings. The van der Waals surface area contributed by atoms with Gasteiger partial charge in [-0.2, -0.15) is 5.10 Å². The quantitative estimate of drug-likeness (QED) is 0.704. The first-order valence-corrected chi connectivity index (χ1v) is 8.38. The van der Waals surface area contributed by atoms with Gasteiger partial charge in [0.15, 0.2) is 12.4 Å². The molecule has 1 aromatic heterocycles. The number of aryl methyl sites for hydroxylation is 1. The molecule has 3 rings (SSSR count). The van der Waals surface area contributed by atoms with Crippen LogP contribution < -0.4 is 14.8 Å². The number of nitrogens with zero attached hydrogens (tertiary/aromatic N) is 2. The lowest BCUT2D eigenvalue weighted by molar-refractivity contribution is 0.102. The highest BCUT2D eigenvalue weighted by Crippen LogP contribution is 2.17. The summed E-state index contributed by atoms with van der Waals surface area (Å²) in [5.41, 5.74) is 2.31. The predicted molar refractivity (Wildman–Crippen MR) is 99.6 cm³/mol. The standard InChI is InChI=1S/C20H21N3O3/c1-3-15-4-6-16(7-5-15)21-20(24)19-12-13-23(22-19)14-26-18-10-8-17(25-2)9-11-18/h4-13H,3,14H2,1-2H3,(H,21,24). The second-order valence-electron chi connectivity index (χ2n) is 5.69. The molecule has 0 aliphatic carbocycles. The number of methoxy groups -OCH3 is 1. The molecule has 1 heterocycles. The van der Waals surface area contributed by atoms with Crippen molar-refractivity contribution in [3.05, 3.63) is 72.1 Å². The van der Waals surface area contributed by atoms with Gasteiger partial charge in [0.2, 0.25) is 0 Å². The molecule has 0 aliphatic heterocycles. The highest BCUT2D eigenvalue weighted by atomic mass is 16.5. The fraction of sp³-hybridized carbons (Fsp3) is 0.200. The van der Waals surface area contributed by atoms with E-state index < -0.39 is 0 Å². The highest BCUT2D eigenvalue weighted by Gasteiger charge is 2.10. The Balaban J connectivity index is 1.56. The predicted octanol–water partition coefficient (Wildman–Crippen LogP) is 3.74. The molecule has 0 aliphatic rings. The minimum Gasteiger partial charge on any atom is -0.497 e. The summed E-state index contributed by atoms with van der Waals surface area (Å²) in [5, 5.41) is 7.08. The first-order chi connectivity index (χ1) is 12.7. The van der Waals surface area contributed by atoms with Crippen molar-refractivity contribution in [3.8, 4) is 11.5 Å². The third kappa shape index (κ3) is 4.42. The summed E-state index contributed by atoms with van der Waals surface area (Å²) < 4.78 is 12.3. The van der Waals surface area contributed by atoms with Crippen molar-refractivity contribution in [2.24, 2.45) is 0 Å². The number of anilines is 1. The molecule has 0 spiro atoms. The van der Waals surface area contributed by atoms with E-state index in [-0.39, 0.29) is 12.6 Å². The van der Waals surface area contributed by atoms with Gasteiger partial charge in [0.05, 0.1) is 7.11 Å². The van der Waals surface area contributed by atoms with Crippen LogP contribution in [0.3, 0.4) is 0 Å². The molecular formula is C20H21N3O3. The van der Waals surface area contributed by atoms with Crippen LogP contribution in [0.4, 0.5) is 5.69 Å². The van der Waals surface area contributed by atoms with Crippen molar-refractivity contribution in [3.63, 3.8) is 0 Å². The van der Waals surface area contributed by atoms with Gasteiger partial charge in [-0.15, -0.1) is 0 Å². The van der Waals surface area contributed by atoms with E-state index >= 15 is 0 Å². The van der Waals surface area contributed by atoms with Crippen molar-refractivity contribution < 1.29 is 14.3 Å². The zero-order valence-electron chi connectivity index (χ0n) is 14.8. The molecule has 6 nitrogen and oxygen atoms in total. The fourth-order valence-electron chi connectivity index (χ4n) is 2.39. The van der Waals surface area contributed by atoms with Crippen LogP contribution >= 0.6 is 0 Å². The van der Waals surface area contributed by atoms with E-state index in [1.807, 2.05) is 48.5 Å². The number of hydrogen-bond acceptors (Lipinski definition) is 4. The summed E-state index contributed by atoms with van der Waals surface area (Å²) in [4.78, 5) is 12.3. The smallest absolute Gasteiger partial charge is 0.276 e. The topological polar surface area (TPSA) is 65.4 Å². The number of hydrogen-bond donors (Lipinski definition) is 1. The lowest BCUT2D eigenvalue weighted by atomic mass is 10.1. The minimum absolute atomic E-state index is 0.213. The number of nitrogens with one attached hydrogen (secondary N) is 1. The molecule has 0 bridgehead atoms. The zero-order chi connectivity index (χ0) is 18.4. The van der Waals surface area contributed by atoms with Crippen LogP contribution in [0.15, 0.2) is 60.8 Å². The van der Waals surface area contributed by atoms with Crippen LogP contribution in [0.25, 0.3) is 0 Å². The van der Waals surface area contributed by atoms with Gasteiger partial charge in [0.1, 0.15) is 11.5 Å². The molecule has 0 atom stereocenters. The van der Waals surface area contributed by atoms with E-state index in [2.05, 4.69) is 17.3 Å². The molecule has 0 saturated carbocycles. The maximum absolute atomic E-state index is 12.3. The average molecular weight is 351 g/mol. The number of aromatic nitrogens is 2. The Bertz CT molecular complexity index is 855. The van der Waals surface area contributed by atoms with Crippen molar-refractivity contribution in [1.29, 1.82) is 0 Å². The lowest BCUT2D eigenvalue weighted by Gasteiger charge is -2.07. The van der Waals surface area contributed by atoms with Crippen LogP contribution in [0.1, 0.15) is 23.0 Å². The maximum atomic E-state index is 12.3. The van der Waals surface area contributed by atoms with E-state index in [0.29, 0.717) is 11.4 Å². The van der Waals surface area contributed by atoms with Crippen molar-refractivity contribution in [1.82, 2.24) is 9.78 Å².